The maximum atomic E-state index is 12.1. The Morgan fingerprint density at radius 2 is 1.71 bits per heavy atom. The van der Waals surface area contributed by atoms with Crippen LogP contribution in [0.5, 0.6) is 0 Å². The summed E-state index contributed by atoms with van der Waals surface area (Å²) in [6, 6.07) is 8.46. The Labute approximate surface area is 126 Å². The number of hydrogen-bond acceptors (Lipinski definition) is 3. The molecule has 1 saturated heterocycles. The average molecular weight is 309 g/mol. The predicted octanol–water partition coefficient (Wildman–Crippen LogP) is 1.65. The molecular weight excluding hydrogens is 286 g/mol. The van der Waals surface area contributed by atoms with Crippen LogP contribution in [0.15, 0.2) is 40.2 Å². The summed E-state index contributed by atoms with van der Waals surface area (Å²) in [5.74, 6) is 0.464. The van der Waals surface area contributed by atoms with E-state index in [1.807, 2.05) is 0 Å². The van der Waals surface area contributed by atoms with Crippen molar-refractivity contribution in [1.82, 2.24) is 4.90 Å². The summed E-state index contributed by atoms with van der Waals surface area (Å²) in [6.45, 7) is 2.04. The van der Waals surface area contributed by atoms with Gasteiger partial charge in [0.1, 0.15) is 0 Å². The number of likely N-dealkylation sites (tertiary alicyclic amines) is 1. The SMILES string of the molecule is NC(=NCCS(=O)(=O)c1ccccc1)N1CCCCCC1. The number of nitrogens with two attached hydrogens (primary N) is 1. The van der Waals surface area contributed by atoms with Gasteiger partial charge in [-0.25, -0.2) is 8.42 Å². The average Bonchev–Trinajstić information content (AvgIpc) is 2.77. The summed E-state index contributed by atoms with van der Waals surface area (Å²) >= 11 is 0. The van der Waals surface area contributed by atoms with Crippen LogP contribution in [-0.4, -0.2) is 44.7 Å². The topological polar surface area (TPSA) is 75.8 Å². The van der Waals surface area contributed by atoms with Crippen molar-refractivity contribution in [1.29, 1.82) is 0 Å². The van der Waals surface area contributed by atoms with E-state index in [9.17, 15) is 8.42 Å². The Morgan fingerprint density at radius 3 is 2.33 bits per heavy atom. The highest BCUT2D eigenvalue weighted by atomic mass is 32.2. The third kappa shape index (κ3) is 4.74. The lowest BCUT2D eigenvalue weighted by atomic mass is 10.2. The van der Waals surface area contributed by atoms with Crippen LogP contribution in [0.3, 0.4) is 0 Å². The molecular formula is C15H23N3O2S. The zero-order valence-corrected chi connectivity index (χ0v) is 13.1. The molecule has 1 aromatic rings. The van der Waals surface area contributed by atoms with E-state index < -0.39 is 9.84 Å². The molecule has 0 aromatic heterocycles. The summed E-state index contributed by atoms with van der Waals surface area (Å²) in [7, 11) is -3.28. The van der Waals surface area contributed by atoms with Gasteiger partial charge in [-0.15, -0.1) is 0 Å². The summed E-state index contributed by atoms with van der Waals surface area (Å²) in [6.07, 6.45) is 4.70. The second kappa shape index (κ2) is 7.45. The Bertz CT molecular complexity index is 562. The van der Waals surface area contributed by atoms with Crippen LogP contribution in [0, 0.1) is 0 Å². The van der Waals surface area contributed by atoms with Crippen molar-refractivity contribution in [3.63, 3.8) is 0 Å². The van der Waals surface area contributed by atoms with Crippen LogP contribution in [0.25, 0.3) is 0 Å². The van der Waals surface area contributed by atoms with Crippen LogP contribution >= 0.6 is 0 Å². The summed E-state index contributed by atoms with van der Waals surface area (Å²) in [4.78, 5) is 6.64. The number of sulfone groups is 1. The van der Waals surface area contributed by atoms with E-state index in [1.54, 1.807) is 30.3 Å². The molecule has 1 aromatic carbocycles. The quantitative estimate of drug-likeness (QED) is 0.678. The fourth-order valence-corrected chi connectivity index (χ4v) is 3.56. The highest BCUT2D eigenvalue weighted by Crippen LogP contribution is 2.11. The predicted molar refractivity (Wildman–Crippen MR) is 85.0 cm³/mol. The highest BCUT2D eigenvalue weighted by molar-refractivity contribution is 7.91. The van der Waals surface area contributed by atoms with E-state index in [1.165, 1.54) is 12.8 Å². The van der Waals surface area contributed by atoms with Crippen LogP contribution < -0.4 is 5.73 Å². The van der Waals surface area contributed by atoms with E-state index in [4.69, 9.17) is 5.73 Å². The maximum absolute atomic E-state index is 12.1. The fourth-order valence-electron chi connectivity index (χ4n) is 2.43. The molecule has 2 rings (SSSR count). The molecule has 1 heterocycles. The Hall–Kier alpha value is -1.56. The van der Waals surface area contributed by atoms with Crippen molar-refractivity contribution in [2.45, 2.75) is 30.6 Å². The molecule has 1 fully saturated rings. The van der Waals surface area contributed by atoms with Crippen LogP contribution in [0.2, 0.25) is 0 Å². The number of rotatable bonds is 4. The molecule has 21 heavy (non-hydrogen) atoms. The van der Waals surface area contributed by atoms with Gasteiger partial charge in [-0.1, -0.05) is 31.0 Å². The maximum Gasteiger partial charge on any atom is 0.191 e. The van der Waals surface area contributed by atoms with Crippen molar-refractivity contribution in [3.8, 4) is 0 Å². The minimum Gasteiger partial charge on any atom is -0.370 e. The molecule has 2 N–H and O–H groups in total. The van der Waals surface area contributed by atoms with Gasteiger partial charge in [0.05, 0.1) is 17.2 Å². The normalized spacial score (nSPS) is 17.5. The first-order valence-corrected chi connectivity index (χ1v) is 9.07. The first kappa shape index (κ1) is 15.8. The van der Waals surface area contributed by atoms with Gasteiger partial charge in [0.25, 0.3) is 0 Å². The second-order valence-corrected chi connectivity index (χ2v) is 7.38. The van der Waals surface area contributed by atoms with Crippen molar-refractivity contribution >= 4 is 15.8 Å². The molecule has 0 amide bonds. The van der Waals surface area contributed by atoms with Crippen molar-refractivity contribution in [2.75, 3.05) is 25.4 Å². The van der Waals surface area contributed by atoms with Crippen LogP contribution in [-0.2, 0) is 9.84 Å². The number of nitrogens with zero attached hydrogens (tertiary/aromatic N) is 2. The van der Waals surface area contributed by atoms with Gasteiger partial charge < -0.3 is 10.6 Å². The van der Waals surface area contributed by atoms with Crippen molar-refractivity contribution in [2.24, 2.45) is 10.7 Å². The molecule has 0 unspecified atom stereocenters. The molecule has 0 saturated carbocycles. The lowest BCUT2D eigenvalue weighted by Gasteiger charge is -2.21. The van der Waals surface area contributed by atoms with Gasteiger partial charge in [0.15, 0.2) is 15.8 Å². The first-order chi connectivity index (χ1) is 10.1. The molecule has 116 valence electrons. The molecule has 0 bridgehead atoms. The number of benzene rings is 1. The monoisotopic (exact) mass is 309 g/mol. The zero-order valence-electron chi connectivity index (χ0n) is 12.2. The van der Waals surface area contributed by atoms with Crippen LogP contribution in [0.1, 0.15) is 25.7 Å². The molecule has 6 heteroatoms. The van der Waals surface area contributed by atoms with Gasteiger partial charge in [0.2, 0.25) is 0 Å². The minimum absolute atomic E-state index is 0.00838. The van der Waals surface area contributed by atoms with Gasteiger partial charge in [-0.3, -0.25) is 4.99 Å². The van der Waals surface area contributed by atoms with E-state index in [0.29, 0.717) is 10.9 Å². The molecule has 1 aliphatic heterocycles. The molecule has 0 spiro atoms. The fraction of sp³-hybridized carbons (Fsp3) is 0.533. The van der Waals surface area contributed by atoms with E-state index in [2.05, 4.69) is 9.89 Å². The van der Waals surface area contributed by atoms with E-state index in [0.717, 1.165) is 25.9 Å². The molecule has 5 nitrogen and oxygen atoms in total. The number of hydrogen-bond donors (Lipinski definition) is 1. The highest BCUT2D eigenvalue weighted by Gasteiger charge is 2.14. The largest absolute Gasteiger partial charge is 0.370 e. The van der Waals surface area contributed by atoms with Crippen molar-refractivity contribution < 1.29 is 8.42 Å². The van der Waals surface area contributed by atoms with Gasteiger partial charge in [-0.2, -0.15) is 0 Å². The lowest BCUT2D eigenvalue weighted by Crippen LogP contribution is -2.38. The van der Waals surface area contributed by atoms with Gasteiger partial charge in [-0.05, 0) is 25.0 Å². The van der Waals surface area contributed by atoms with E-state index >= 15 is 0 Å². The Morgan fingerprint density at radius 1 is 1.10 bits per heavy atom. The third-order valence-corrected chi connectivity index (χ3v) is 5.38. The first-order valence-electron chi connectivity index (χ1n) is 7.42. The molecule has 0 radical (unpaired) electrons. The van der Waals surface area contributed by atoms with E-state index in [-0.39, 0.29) is 12.3 Å². The minimum atomic E-state index is -3.28. The zero-order chi connectivity index (χ0) is 15.1. The summed E-state index contributed by atoms with van der Waals surface area (Å²) in [5, 5.41) is 0. The molecule has 1 aliphatic rings. The van der Waals surface area contributed by atoms with Gasteiger partial charge in [0, 0.05) is 13.1 Å². The Kier molecular flexibility index (Phi) is 5.61. The number of aliphatic imine (C=N–C) groups is 1. The second-order valence-electron chi connectivity index (χ2n) is 5.27. The Balaban J connectivity index is 1.91. The van der Waals surface area contributed by atoms with Crippen molar-refractivity contribution in [3.05, 3.63) is 30.3 Å². The standard InChI is InChI=1S/C15H23N3O2S/c16-15(18-11-6-1-2-7-12-18)17-10-13-21(19,20)14-8-4-3-5-9-14/h3-5,8-9H,1-2,6-7,10-13H2,(H2,16,17). The van der Waals surface area contributed by atoms with Gasteiger partial charge >= 0.3 is 0 Å². The molecule has 0 aliphatic carbocycles. The smallest absolute Gasteiger partial charge is 0.191 e. The third-order valence-electron chi connectivity index (χ3n) is 3.67. The number of guanidine groups is 1. The summed E-state index contributed by atoms with van der Waals surface area (Å²) < 4.78 is 24.2. The van der Waals surface area contributed by atoms with Crippen LogP contribution in [0.4, 0.5) is 0 Å². The molecule has 0 atom stereocenters. The lowest BCUT2D eigenvalue weighted by molar-refractivity contribution is 0.429. The summed E-state index contributed by atoms with van der Waals surface area (Å²) in [5.41, 5.74) is 5.97.